The van der Waals surface area contributed by atoms with Crippen LogP contribution < -0.4 is 0 Å². The highest BCUT2D eigenvalue weighted by Gasteiger charge is 2.71. The van der Waals surface area contributed by atoms with Gasteiger partial charge in [0.1, 0.15) is 3.78 Å². The average molecular weight is 541 g/mol. The van der Waals surface area contributed by atoms with Gasteiger partial charge in [0, 0.05) is 10.7 Å². The number of hydrogen-bond acceptors (Lipinski definition) is 0. The first-order valence-corrected chi connectivity index (χ1v) is 10.3. The van der Waals surface area contributed by atoms with Crippen LogP contribution in [0.2, 0.25) is 0 Å². The summed E-state index contributed by atoms with van der Waals surface area (Å²) in [6, 6.07) is 0. The second kappa shape index (κ2) is 6.48. The molecule has 0 radical (unpaired) electrons. The maximum atomic E-state index is 6.88. The number of hydrogen-bond donors (Lipinski definition) is 0. The summed E-state index contributed by atoms with van der Waals surface area (Å²) in [5.41, 5.74) is 0. The first-order chi connectivity index (χ1) is 9.48. The third-order valence-electron chi connectivity index (χ3n) is 4.00. The van der Waals surface area contributed by atoms with E-state index in [4.69, 9.17) is 69.6 Å². The highest BCUT2D eigenvalue weighted by atomic mass is 79.9. The normalized spacial score (nSPS) is 42.8. The Hall–Kier alpha value is 2.18. The largest absolute Gasteiger partial charge is 0.182 e. The van der Waals surface area contributed by atoms with Crippen LogP contribution >= 0.6 is 101 Å². The van der Waals surface area contributed by atoms with Gasteiger partial charge in [-0.05, 0) is 12.8 Å². The third kappa shape index (κ3) is 2.97. The maximum absolute atomic E-state index is 6.88. The average Bonchev–Trinajstić information content (AvgIpc) is 2.90. The van der Waals surface area contributed by atoms with Crippen LogP contribution in [0.4, 0.5) is 0 Å². The zero-order valence-electron chi connectivity index (χ0n) is 10.6. The summed E-state index contributed by atoms with van der Waals surface area (Å²) in [5, 5.41) is 0. The molecule has 0 amide bonds. The maximum Gasteiger partial charge on any atom is 0.182 e. The molecule has 21 heavy (non-hydrogen) atoms. The zero-order valence-corrected chi connectivity index (χ0v) is 18.3. The standard InChI is InChI=1S/C13H12Br2Cl6/c14-9-6-3-7-10(16,8-4-1-2-5-8)12(18,19)13(20,21)11(9,15)17/h1-2,4-5,8-9H,3,6-7H2. The molecule has 0 aromatic carbocycles. The topological polar surface area (TPSA) is 0 Å². The fourth-order valence-electron chi connectivity index (χ4n) is 2.66. The third-order valence-corrected chi connectivity index (χ3v) is 12.1. The lowest BCUT2D eigenvalue weighted by Crippen LogP contribution is -2.64. The van der Waals surface area contributed by atoms with E-state index in [2.05, 4.69) is 31.9 Å². The predicted octanol–water partition coefficient (Wildman–Crippen LogP) is 7.33. The van der Waals surface area contributed by atoms with Crippen molar-refractivity contribution in [3.8, 4) is 0 Å². The van der Waals surface area contributed by atoms with Crippen LogP contribution in [-0.2, 0) is 0 Å². The Morgan fingerprint density at radius 2 is 1.43 bits per heavy atom. The van der Waals surface area contributed by atoms with Crippen LogP contribution in [0.15, 0.2) is 24.3 Å². The Labute approximate surface area is 171 Å². The van der Waals surface area contributed by atoms with Crippen molar-refractivity contribution in [1.82, 2.24) is 0 Å². The second-order valence-electron chi connectivity index (χ2n) is 5.29. The lowest BCUT2D eigenvalue weighted by atomic mass is 9.80. The molecule has 3 unspecified atom stereocenters. The van der Waals surface area contributed by atoms with Gasteiger partial charge < -0.3 is 0 Å². The number of alkyl halides is 8. The fourth-order valence-corrected chi connectivity index (χ4v) is 6.55. The Morgan fingerprint density at radius 3 is 1.95 bits per heavy atom. The smallest absolute Gasteiger partial charge is 0.115 e. The van der Waals surface area contributed by atoms with Crippen molar-refractivity contribution < 1.29 is 0 Å². The molecule has 0 aliphatic heterocycles. The van der Waals surface area contributed by atoms with Gasteiger partial charge in [-0.1, -0.05) is 109 Å². The minimum Gasteiger partial charge on any atom is -0.115 e. The molecule has 1 fully saturated rings. The molecule has 0 aromatic heterocycles. The molecule has 3 atom stereocenters. The summed E-state index contributed by atoms with van der Waals surface area (Å²) < 4.78 is -4.68. The van der Waals surface area contributed by atoms with Crippen molar-refractivity contribution in [1.29, 1.82) is 0 Å². The highest BCUT2D eigenvalue weighted by Crippen LogP contribution is 2.66. The Morgan fingerprint density at radius 1 is 0.905 bits per heavy atom. The number of allylic oxidation sites excluding steroid dienone is 4. The Kier molecular flexibility index (Phi) is 6.02. The number of halogens is 8. The van der Waals surface area contributed by atoms with Crippen molar-refractivity contribution in [3.63, 3.8) is 0 Å². The van der Waals surface area contributed by atoms with Crippen LogP contribution in [0.5, 0.6) is 0 Å². The molecule has 2 aliphatic carbocycles. The molecule has 0 heterocycles. The molecule has 2 rings (SSSR count). The molecule has 0 spiro atoms. The molecule has 0 nitrogen and oxygen atoms in total. The van der Waals surface area contributed by atoms with Crippen molar-refractivity contribution >= 4 is 101 Å². The Balaban J connectivity index is 2.54. The van der Waals surface area contributed by atoms with E-state index < -0.39 is 17.3 Å². The van der Waals surface area contributed by atoms with Gasteiger partial charge in [-0.15, -0.1) is 23.2 Å². The van der Waals surface area contributed by atoms with Gasteiger partial charge in [0.15, 0.2) is 8.67 Å². The molecule has 0 aromatic rings. The molecule has 0 bridgehead atoms. The van der Waals surface area contributed by atoms with E-state index >= 15 is 0 Å². The lowest BCUT2D eigenvalue weighted by Gasteiger charge is -2.53. The SMILES string of the molecule is ClC1(Br)C(Br)CCCC(Cl)(C2C=CC=C2)C(Cl)(Cl)C1(Cl)Cl. The van der Waals surface area contributed by atoms with E-state index in [0.717, 1.165) is 12.8 Å². The quantitative estimate of drug-likeness (QED) is 0.306. The number of rotatable bonds is 1. The van der Waals surface area contributed by atoms with E-state index in [0.29, 0.717) is 6.42 Å². The van der Waals surface area contributed by atoms with Crippen LogP contribution in [0.1, 0.15) is 19.3 Å². The summed E-state index contributed by atoms with van der Waals surface area (Å²) in [5.74, 6) is -0.169. The van der Waals surface area contributed by atoms with E-state index in [-0.39, 0.29) is 10.7 Å². The monoisotopic (exact) mass is 536 g/mol. The van der Waals surface area contributed by atoms with E-state index in [9.17, 15) is 0 Å². The van der Waals surface area contributed by atoms with Crippen molar-refractivity contribution in [3.05, 3.63) is 24.3 Å². The van der Waals surface area contributed by atoms with Crippen LogP contribution in [0, 0.1) is 5.92 Å². The minimum atomic E-state index is -1.73. The molecule has 0 saturated heterocycles. The van der Waals surface area contributed by atoms with E-state index in [1.54, 1.807) is 0 Å². The summed E-state index contributed by atoms with van der Waals surface area (Å²) >= 11 is 46.7. The lowest BCUT2D eigenvalue weighted by molar-refractivity contribution is 0.339. The molecular weight excluding hydrogens is 529 g/mol. The summed E-state index contributed by atoms with van der Waals surface area (Å²) in [6.45, 7) is 0. The molecule has 1 saturated carbocycles. The first kappa shape index (κ1) is 19.5. The van der Waals surface area contributed by atoms with Gasteiger partial charge in [0.2, 0.25) is 0 Å². The molecular formula is C13H12Br2Cl6. The molecule has 2 aliphatic rings. The summed E-state index contributed by atoms with van der Waals surface area (Å²) in [6.07, 6.45) is 9.75. The van der Waals surface area contributed by atoms with Crippen LogP contribution in [0.3, 0.4) is 0 Å². The Bertz CT molecular complexity index is 461. The molecule has 0 N–H and O–H groups in total. The van der Waals surface area contributed by atoms with Gasteiger partial charge in [-0.2, -0.15) is 0 Å². The van der Waals surface area contributed by atoms with Crippen molar-refractivity contribution in [2.45, 2.75) is 41.4 Å². The molecule has 120 valence electrons. The second-order valence-corrected chi connectivity index (χ2v) is 12.0. The van der Waals surface area contributed by atoms with Crippen molar-refractivity contribution in [2.24, 2.45) is 5.92 Å². The van der Waals surface area contributed by atoms with Gasteiger partial charge >= 0.3 is 0 Å². The highest BCUT2D eigenvalue weighted by molar-refractivity contribution is 9.13. The summed E-state index contributed by atoms with van der Waals surface area (Å²) in [7, 11) is 0. The van der Waals surface area contributed by atoms with Gasteiger partial charge in [-0.3, -0.25) is 0 Å². The fraction of sp³-hybridized carbons (Fsp3) is 0.692. The van der Waals surface area contributed by atoms with Crippen molar-refractivity contribution in [2.75, 3.05) is 0 Å². The van der Waals surface area contributed by atoms with E-state index in [1.807, 2.05) is 24.3 Å². The van der Waals surface area contributed by atoms with Crippen LogP contribution in [0.25, 0.3) is 0 Å². The van der Waals surface area contributed by atoms with Gasteiger partial charge in [0.05, 0.1) is 4.87 Å². The minimum absolute atomic E-state index is 0.169. The van der Waals surface area contributed by atoms with E-state index in [1.165, 1.54) is 0 Å². The first-order valence-electron chi connectivity index (χ1n) is 6.30. The molecule has 8 heteroatoms. The predicted molar refractivity (Wildman–Crippen MR) is 103 cm³/mol. The summed E-state index contributed by atoms with van der Waals surface area (Å²) in [4.78, 5) is -1.28. The van der Waals surface area contributed by atoms with Gasteiger partial charge in [0.25, 0.3) is 0 Å². The zero-order chi connectivity index (χ0) is 16.1. The van der Waals surface area contributed by atoms with Gasteiger partial charge in [-0.25, -0.2) is 0 Å². The van der Waals surface area contributed by atoms with Crippen LogP contribution in [-0.4, -0.2) is 22.2 Å².